The molecule has 0 atom stereocenters. The van der Waals surface area contributed by atoms with Crippen molar-refractivity contribution < 1.29 is 5.11 Å². The highest BCUT2D eigenvalue weighted by molar-refractivity contribution is 9.09. The van der Waals surface area contributed by atoms with E-state index >= 15 is 0 Å². The zero-order chi connectivity index (χ0) is 13.1. The number of alkyl halides is 1. The van der Waals surface area contributed by atoms with Gasteiger partial charge in [-0.3, -0.25) is 0 Å². The molecule has 1 aromatic heterocycles. The molecule has 5 nitrogen and oxygen atoms in total. The lowest BCUT2D eigenvalue weighted by Crippen LogP contribution is -2.02. The lowest BCUT2D eigenvalue weighted by Gasteiger charge is -2.03. The molecule has 0 aliphatic rings. The van der Waals surface area contributed by atoms with Crippen molar-refractivity contribution >= 4 is 50.0 Å². The first kappa shape index (κ1) is 13.0. The second kappa shape index (κ2) is 5.45. The molecule has 0 aliphatic heterocycles. The molecule has 0 saturated carbocycles. The largest absolute Gasteiger partial charge is 0.504 e. The molecule has 1 aromatic carbocycles. The van der Waals surface area contributed by atoms with Gasteiger partial charge in [0.05, 0.1) is 5.52 Å². The third-order valence-electron chi connectivity index (χ3n) is 2.47. The summed E-state index contributed by atoms with van der Waals surface area (Å²) in [4.78, 5) is 0. The van der Waals surface area contributed by atoms with Crippen molar-refractivity contribution in [1.29, 1.82) is 0 Å². The summed E-state index contributed by atoms with van der Waals surface area (Å²) < 4.78 is 1.86. The first-order valence-corrected chi connectivity index (χ1v) is 6.75. The number of halogens is 1. The number of thiocarbonyl (C=S) groups is 1. The van der Waals surface area contributed by atoms with Gasteiger partial charge in [0.15, 0.2) is 11.6 Å². The van der Waals surface area contributed by atoms with Gasteiger partial charge in [0.1, 0.15) is 0 Å². The second-order valence-electron chi connectivity index (χ2n) is 3.57. The van der Waals surface area contributed by atoms with Crippen molar-refractivity contribution in [2.45, 2.75) is 6.54 Å². The highest BCUT2D eigenvalue weighted by atomic mass is 79.9. The lowest BCUT2D eigenvalue weighted by molar-refractivity contribution is 0.480. The minimum atomic E-state index is -0.0648. The smallest absolute Gasteiger partial charge is 0.211 e. The number of azo groups is 1. The predicted molar refractivity (Wildman–Crippen MR) is 78.7 cm³/mol. The molecule has 0 aliphatic carbocycles. The predicted octanol–water partition coefficient (Wildman–Crippen LogP) is 3.07. The Balaban J connectivity index is 2.65. The van der Waals surface area contributed by atoms with Gasteiger partial charge in [-0.05, 0) is 24.4 Å². The second-order valence-corrected chi connectivity index (χ2v) is 4.78. The van der Waals surface area contributed by atoms with Crippen LogP contribution in [0.5, 0.6) is 5.75 Å². The molecule has 0 fully saturated rings. The van der Waals surface area contributed by atoms with Crippen LogP contribution in [0.4, 0.5) is 5.82 Å². The van der Waals surface area contributed by atoms with Crippen LogP contribution in [0.1, 0.15) is 0 Å². The van der Waals surface area contributed by atoms with Gasteiger partial charge in [0.25, 0.3) is 0 Å². The van der Waals surface area contributed by atoms with Crippen molar-refractivity contribution in [3.05, 3.63) is 24.3 Å². The molecule has 94 valence electrons. The van der Waals surface area contributed by atoms with Gasteiger partial charge in [-0.2, -0.15) is 0 Å². The molecule has 0 radical (unpaired) electrons. The molecule has 1 heterocycles. The summed E-state index contributed by atoms with van der Waals surface area (Å²) >= 11 is 8.01. The Morgan fingerprint density at radius 2 is 2.17 bits per heavy atom. The number of nitrogens with two attached hydrogens (primary N) is 1. The summed E-state index contributed by atoms with van der Waals surface area (Å²) in [7, 11) is 0. The van der Waals surface area contributed by atoms with E-state index in [0.717, 1.165) is 16.2 Å². The molecule has 0 saturated heterocycles. The van der Waals surface area contributed by atoms with Crippen LogP contribution in [0.3, 0.4) is 0 Å². The summed E-state index contributed by atoms with van der Waals surface area (Å²) in [5.41, 5.74) is 6.17. The number of nitrogens with zero attached hydrogens (tertiary/aromatic N) is 3. The molecule has 2 rings (SSSR count). The summed E-state index contributed by atoms with van der Waals surface area (Å²) in [5, 5.41) is 19.1. The molecule has 3 N–H and O–H groups in total. The van der Waals surface area contributed by atoms with Gasteiger partial charge in [-0.25, -0.2) is 0 Å². The van der Waals surface area contributed by atoms with E-state index in [9.17, 15) is 5.11 Å². The molecule has 7 heteroatoms. The summed E-state index contributed by atoms with van der Waals surface area (Å²) in [6, 6.07) is 7.50. The lowest BCUT2D eigenvalue weighted by atomic mass is 10.2. The number of rotatable bonds is 3. The van der Waals surface area contributed by atoms with E-state index in [4.69, 9.17) is 5.73 Å². The van der Waals surface area contributed by atoms with Crippen LogP contribution >= 0.6 is 28.1 Å². The molecule has 0 unspecified atom stereocenters. The first-order valence-electron chi connectivity index (χ1n) is 5.22. The third-order valence-corrected chi connectivity index (χ3v) is 2.91. The highest BCUT2D eigenvalue weighted by Gasteiger charge is 2.15. The van der Waals surface area contributed by atoms with Gasteiger partial charge in [0, 0.05) is 17.3 Å². The summed E-state index contributed by atoms with van der Waals surface area (Å²) in [5.74, 6) is 0.454. The van der Waals surface area contributed by atoms with E-state index in [0.29, 0.717) is 12.4 Å². The van der Waals surface area contributed by atoms with Gasteiger partial charge >= 0.3 is 0 Å². The van der Waals surface area contributed by atoms with Crippen LogP contribution in [0.2, 0.25) is 0 Å². The van der Waals surface area contributed by atoms with Gasteiger partial charge in [0.2, 0.25) is 5.11 Å². The zero-order valence-electron chi connectivity index (χ0n) is 9.38. The normalized spacial score (nSPS) is 11.4. The number of benzene rings is 1. The highest BCUT2D eigenvalue weighted by Crippen LogP contribution is 2.38. The van der Waals surface area contributed by atoms with E-state index in [1.54, 1.807) is 0 Å². The molecule has 0 spiro atoms. The topological polar surface area (TPSA) is 75.9 Å². The average Bonchev–Trinajstić information content (AvgIpc) is 2.62. The number of para-hydroxylation sites is 1. The quantitative estimate of drug-likeness (QED) is 0.517. The third kappa shape index (κ3) is 2.37. The van der Waals surface area contributed by atoms with Crippen molar-refractivity contribution in [2.75, 3.05) is 5.33 Å². The minimum Gasteiger partial charge on any atom is -0.504 e. The number of hydrogen-bond acceptors (Lipinski definition) is 3. The monoisotopic (exact) mass is 326 g/mol. The fraction of sp³-hybridized carbons (Fsp3) is 0.182. The summed E-state index contributed by atoms with van der Waals surface area (Å²) in [6.45, 7) is 0.659. The molecule has 0 bridgehead atoms. The standard InChI is InChI=1S/C11H11BrN4OS/c12-5-6-16-8-4-2-1-3-7(8)9(17)10(16)14-15-11(13)18/h1-4,17H,5-6H2,(H2,13,18). The average molecular weight is 327 g/mol. The Morgan fingerprint density at radius 3 is 2.83 bits per heavy atom. The molecule has 0 amide bonds. The molecular weight excluding hydrogens is 316 g/mol. The Bertz CT molecular complexity index is 623. The number of hydrogen-bond donors (Lipinski definition) is 2. The van der Waals surface area contributed by atoms with E-state index < -0.39 is 0 Å². The Morgan fingerprint density at radius 1 is 1.44 bits per heavy atom. The first-order chi connectivity index (χ1) is 8.65. The SMILES string of the molecule is NC(=S)N=Nc1c(O)c2ccccc2n1CCBr. The van der Waals surface area contributed by atoms with Crippen LogP contribution in [0, 0.1) is 0 Å². The van der Waals surface area contributed by atoms with Crippen LogP contribution in [0.25, 0.3) is 10.9 Å². The van der Waals surface area contributed by atoms with Crippen LogP contribution in [0.15, 0.2) is 34.5 Å². The Kier molecular flexibility index (Phi) is 3.93. The maximum absolute atomic E-state index is 10.1. The van der Waals surface area contributed by atoms with E-state index in [1.807, 2.05) is 28.8 Å². The maximum atomic E-state index is 10.1. The van der Waals surface area contributed by atoms with Crippen molar-refractivity contribution in [3.63, 3.8) is 0 Å². The van der Waals surface area contributed by atoms with Crippen molar-refractivity contribution in [1.82, 2.24) is 4.57 Å². The van der Waals surface area contributed by atoms with Crippen LogP contribution in [-0.4, -0.2) is 20.1 Å². The number of fused-ring (bicyclic) bond motifs is 1. The Labute approximate surface area is 117 Å². The summed E-state index contributed by atoms with van der Waals surface area (Å²) in [6.07, 6.45) is 0. The van der Waals surface area contributed by atoms with Crippen LogP contribution < -0.4 is 5.73 Å². The molecule has 2 aromatic rings. The van der Waals surface area contributed by atoms with E-state index in [2.05, 4.69) is 38.4 Å². The van der Waals surface area contributed by atoms with Gasteiger partial charge in [-0.15, -0.1) is 10.2 Å². The van der Waals surface area contributed by atoms with Crippen LogP contribution in [-0.2, 0) is 6.54 Å². The minimum absolute atomic E-state index is 0.0648. The number of aromatic nitrogens is 1. The maximum Gasteiger partial charge on any atom is 0.211 e. The van der Waals surface area contributed by atoms with E-state index in [-0.39, 0.29) is 10.9 Å². The van der Waals surface area contributed by atoms with E-state index in [1.165, 1.54) is 0 Å². The number of aromatic hydroxyl groups is 1. The molecular formula is C11H11BrN4OS. The van der Waals surface area contributed by atoms with Crippen molar-refractivity contribution in [2.24, 2.45) is 16.0 Å². The fourth-order valence-corrected chi connectivity index (χ4v) is 2.18. The zero-order valence-corrected chi connectivity index (χ0v) is 11.8. The molecule has 18 heavy (non-hydrogen) atoms. The fourth-order valence-electron chi connectivity index (χ4n) is 1.78. The van der Waals surface area contributed by atoms with Gasteiger partial charge < -0.3 is 15.4 Å². The number of aryl methyl sites for hydroxylation is 1. The Hall–Kier alpha value is -1.47. The van der Waals surface area contributed by atoms with Gasteiger partial charge in [-0.1, -0.05) is 28.1 Å². The van der Waals surface area contributed by atoms with Crippen molar-refractivity contribution in [3.8, 4) is 5.75 Å².